The first kappa shape index (κ1) is 12.9. The lowest BCUT2D eigenvalue weighted by molar-refractivity contribution is 0.0971. The van der Waals surface area contributed by atoms with E-state index in [0.717, 1.165) is 28.4 Å². The van der Waals surface area contributed by atoms with E-state index in [4.69, 9.17) is 11.6 Å². The summed E-state index contributed by atoms with van der Waals surface area (Å²) in [5.74, 6) is 0.291. The van der Waals surface area contributed by atoms with Crippen LogP contribution in [0.1, 0.15) is 52.4 Å². The lowest BCUT2D eigenvalue weighted by Gasteiger charge is -2.21. The van der Waals surface area contributed by atoms with Gasteiger partial charge >= 0.3 is 0 Å². The number of aryl methyl sites for hydroxylation is 1. The number of halogens is 1. The minimum Gasteiger partial charge on any atom is -0.340 e. The number of aromatic nitrogens is 1. The van der Waals surface area contributed by atoms with Crippen LogP contribution in [0, 0.1) is 6.92 Å². The van der Waals surface area contributed by atoms with Gasteiger partial charge < -0.3 is 4.57 Å². The molecule has 1 atom stereocenters. The molecule has 0 saturated heterocycles. The zero-order valence-corrected chi connectivity index (χ0v) is 12.6. The Morgan fingerprint density at radius 3 is 2.84 bits per heavy atom. The molecule has 0 amide bonds. The van der Waals surface area contributed by atoms with Gasteiger partial charge in [0, 0.05) is 28.2 Å². The molecule has 3 rings (SSSR count). The maximum atomic E-state index is 12.0. The molecule has 0 saturated carbocycles. The van der Waals surface area contributed by atoms with Crippen molar-refractivity contribution >= 4 is 28.7 Å². The number of rotatable bonds is 2. The van der Waals surface area contributed by atoms with Crippen LogP contribution in [-0.4, -0.2) is 10.4 Å². The topological polar surface area (TPSA) is 22.0 Å². The largest absolute Gasteiger partial charge is 0.340 e. The van der Waals surface area contributed by atoms with Crippen molar-refractivity contribution in [2.75, 3.05) is 0 Å². The SMILES string of the molecule is Cc1cc2c(n1C(C)c1ccc(Cl)s1)CCCC2=O. The molecule has 0 aliphatic heterocycles. The molecular formula is C15H16ClNOS. The third-order valence-electron chi connectivity index (χ3n) is 3.85. The predicted molar refractivity (Wildman–Crippen MR) is 79.6 cm³/mol. The summed E-state index contributed by atoms with van der Waals surface area (Å²) in [5, 5.41) is 0. The molecular weight excluding hydrogens is 278 g/mol. The van der Waals surface area contributed by atoms with Crippen LogP contribution >= 0.6 is 22.9 Å². The molecule has 19 heavy (non-hydrogen) atoms. The molecule has 0 bridgehead atoms. The number of carbonyl (C=O) groups excluding carboxylic acids is 1. The first-order valence-corrected chi connectivity index (χ1v) is 7.76. The van der Waals surface area contributed by atoms with E-state index in [1.165, 1.54) is 10.6 Å². The van der Waals surface area contributed by atoms with Gasteiger partial charge in [0.2, 0.25) is 0 Å². The standard InChI is InChI=1S/C15H16ClNOS/c1-9-8-11-12(4-3-5-13(11)18)17(9)10(2)14-6-7-15(16)19-14/h6-8,10H,3-5H2,1-2H3. The minimum atomic E-state index is 0.243. The Hall–Kier alpha value is -1.06. The van der Waals surface area contributed by atoms with Crippen molar-refractivity contribution in [2.45, 2.75) is 39.2 Å². The van der Waals surface area contributed by atoms with Crippen molar-refractivity contribution < 1.29 is 4.79 Å². The summed E-state index contributed by atoms with van der Waals surface area (Å²) in [6, 6.07) is 6.30. The van der Waals surface area contributed by atoms with Crippen LogP contribution < -0.4 is 0 Å². The van der Waals surface area contributed by atoms with Gasteiger partial charge in [0.1, 0.15) is 0 Å². The fraction of sp³-hybridized carbons (Fsp3) is 0.400. The van der Waals surface area contributed by atoms with Gasteiger partial charge in [-0.1, -0.05) is 11.6 Å². The fourth-order valence-corrected chi connectivity index (χ4v) is 4.07. The number of ketones is 1. The second-order valence-electron chi connectivity index (χ2n) is 5.11. The monoisotopic (exact) mass is 293 g/mol. The molecule has 100 valence electrons. The average molecular weight is 294 g/mol. The number of Topliss-reactive ketones (excluding diaryl/α,β-unsaturated/α-hetero) is 1. The van der Waals surface area contributed by atoms with Crippen molar-refractivity contribution in [3.63, 3.8) is 0 Å². The second-order valence-corrected chi connectivity index (χ2v) is 6.86. The van der Waals surface area contributed by atoms with Gasteiger partial charge in [0.15, 0.2) is 5.78 Å². The van der Waals surface area contributed by atoms with E-state index >= 15 is 0 Å². The summed E-state index contributed by atoms with van der Waals surface area (Å²) in [6.07, 6.45) is 2.65. The van der Waals surface area contributed by atoms with Gasteiger partial charge in [-0.25, -0.2) is 0 Å². The lowest BCUT2D eigenvalue weighted by Crippen LogP contribution is -2.16. The fourth-order valence-electron chi connectivity index (χ4n) is 2.97. The molecule has 0 N–H and O–H groups in total. The zero-order valence-electron chi connectivity index (χ0n) is 11.1. The maximum absolute atomic E-state index is 12.0. The smallest absolute Gasteiger partial charge is 0.164 e. The molecule has 0 fully saturated rings. The number of thiophene rings is 1. The quantitative estimate of drug-likeness (QED) is 0.790. The molecule has 4 heteroatoms. The highest BCUT2D eigenvalue weighted by molar-refractivity contribution is 7.16. The number of hydrogen-bond donors (Lipinski definition) is 0. The molecule has 1 unspecified atom stereocenters. The van der Waals surface area contributed by atoms with Crippen molar-refractivity contribution in [1.82, 2.24) is 4.57 Å². The summed E-state index contributed by atoms with van der Waals surface area (Å²) in [4.78, 5) is 13.2. The molecule has 2 aromatic heterocycles. The van der Waals surface area contributed by atoms with Crippen LogP contribution in [0.25, 0.3) is 0 Å². The van der Waals surface area contributed by atoms with Gasteiger partial charge in [-0.05, 0) is 44.9 Å². The van der Waals surface area contributed by atoms with Crippen LogP contribution in [0.15, 0.2) is 18.2 Å². The number of hydrogen-bond acceptors (Lipinski definition) is 2. The van der Waals surface area contributed by atoms with Crippen molar-refractivity contribution in [3.05, 3.63) is 44.4 Å². The molecule has 2 nitrogen and oxygen atoms in total. The summed E-state index contributed by atoms with van der Waals surface area (Å²) >= 11 is 7.64. The normalized spacial score (nSPS) is 16.5. The van der Waals surface area contributed by atoms with Gasteiger partial charge in [-0.2, -0.15) is 0 Å². The number of carbonyl (C=O) groups is 1. The molecule has 1 aliphatic rings. The highest BCUT2D eigenvalue weighted by Gasteiger charge is 2.25. The third kappa shape index (κ3) is 2.15. The second kappa shape index (κ2) is 4.80. The Morgan fingerprint density at radius 1 is 1.37 bits per heavy atom. The highest BCUT2D eigenvalue weighted by Crippen LogP contribution is 2.34. The Morgan fingerprint density at radius 2 is 2.16 bits per heavy atom. The van der Waals surface area contributed by atoms with E-state index in [2.05, 4.69) is 24.5 Å². The summed E-state index contributed by atoms with van der Waals surface area (Å²) < 4.78 is 3.12. The molecule has 0 aromatic carbocycles. The predicted octanol–water partition coefficient (Wildman–Crippen LogP) is 4.64. The minimum absolute atomic E-state index is 0.243. The van der Waals surface area contributed by atoms with E-state index < -0.39 is 0 Å². The van der Waals surface area contributed by atoms with E-state index in [1.54, 1.807) is 11.3 Å². The van der Waals surface area contributed by atoms with E-state index in [0.29, 0.717) is 12.2 Å². The zero-order chi connectivity index (χ0) is 13.6. The van der Waals surface area contributed by atoms with Crippen molar-refractivity contribution in [2.24, 2.45) is 0 Å². The Balaban J connectivity index is 2.08. The van der Waals surface area contributed by atoms with Gasteiger partial charge in [0.05, 0.1) is 10.4 Å². The third-order valence-corrected chi connectivity index (χ3v) is 5.25. The van der Waals surface area contributed by atoms with Crippen LogP contribution in [-0.2, 0) is 6.42 Å². The van der Waals surface area contributed by atoms with Crippen LogP contribution in [0.4, 0.5) is 0 Å². The summed E-state index contributed by atoms with van der Waals surface area (Å²) in [6.45, 7) is 4.26. The molecule has 0 spiro atoms. The molecule has 0 radical (unpaired) electrons. The molecule has 2 aromatic rings. The molecule has 2 heterocycles. The first-order chi connectivity index (χ1) is 9.08. The lowest BCUT2D eigenvalue weighted by atomic mass is 9.96. The highest BCUT2D eigenvalue weighted by atomic mass is 35.5. The van der Waals surface area contributed by atoms with Gasteiger partial charge in [0.25, 0.3) is 0 Å². The number of fused-ring (bicyclic) bond motifs is 1. The van der Waals surface area contributed by atoms with E-state index in [-0.39, 0.29) is 6.04 Å². The van der Waals surface area contributed by atoms with Crippen LogP contribution in [0.2, 0.25) is 4.34 Å². The average Bonchev–Trinajstić information content (AvgIpc) is 2.93. The van der Waals surface area contributed by atoms with Crippen LogP contribution in [0.3, 0.4) is 0 Å². The number of nitrogens with zero attached hydrogens (tertiary/aromatic N) is 1. The maximum Gasteiger partial charge on any atom is 0.164 e. The van der Waals surface area contributed by atoms with Crippen LogP contribution in [0.5, 0.6) is 0 Å². The van der Waals surface area contributed by atoms with Crippen molar-refractivity contribution in [3.8, 4) is 0 Å². The Labute approximate surface area is 122 Å². The summed E-state index contributed by atoms with van der Waals surface area (Å²) in [7, 11) is 0. The van der Waals surface area contributed by atoms with Crippen molar-refractivity contribution in [1.29, 1.82) is 0 Å². The van der Waals surface area contributed by atoms with Gasteiger partial charge in [-0.15, -0.1) is 11.3 Å². The Bertz CT molecular complexity index is 641. The summed E-state index contributed by atoms with van der Waals surface area (Å²) in [5.41, 5.74) is 3.29. The molecule has 1 aliphatic carbocycles. The van der Waals surface area contributed by atoms with E-state index in [9.17, 15) is 4.79 Å². The van der Waals surface area contributed by atoms with Gasteiger partial charge in [-0.3, -0.25) is 4.79 Å². The van der Waals surface area contributed by atoms with E-state index in [1.807, 2.05) is 12.1 Å². The first-order valence-electron chi connectivity index (χ1n) is 6.57. The Kier molecular flexibility index (Phi) is 3.27.